The van der Waals surface area contributed by atoms with Gasteiger partial charge in [0.2, 0.25) is 0 Å². The van der Waals surface area contributed by atoms with Gasteiger partial charge in [0, 0.05) is 82.1 Å². The van der Waals surface area contributed by atoms with E-state index in [1.165, 1.54) is 75.9 Å². The fourth-order valence-corrected chi connectivity index (χ4v) is 15.2. The van der Waals surface area contributed by atoms with Gasteiger partial charge in [0.25, 0.3) is 0 Å². The molecule has 0 radical (unpaired) electrons. The smallest absolute Gasteiger partial charge is 0.377 e. The number of hydrogen-bond donors (Lipinski definition) is 0. The molecule has 0 aromatic carbocycles. The Bertz CT molecular complexity index is 503. The minimum atomic E-state index is -2.44. The summed E-state index contributed by atoms with van der Waals surface area (Å²) in [6, 6.07) is 6.95. The van der Waals surface area contributed by atoms with Gasteiger partial charge in [-0.3, -0.25) is 0 Å². The van der Waals surface area contributed by atoms with E-state index in [9.17, 15) is 0 Å². The molecule has 0 aromatic rings. The second-order valence-corrected chi connectivity index (χ2v) is 25.8. The summed E-state index contributed by atoms with van der Waals surface area (Å²) >= 11 is 0. The Kier molecular flexibility index (Phi) is 24.1. The fraction of sp³-hybridized carbons (Fsp3) is 1.00. The van der Waals surface area contributed by atoms with Gasteiger partial charge < -0.3 is 39.8 Å². The Balaban J connectivity index is 4.69. The molecule has 0 N–H and O–H groups in total. The molecule has 0 aliphatic heterocycles. The van der Waals surface area contributed by atoms with E-state index in [-0.39, 0.29) is 0 Å². The van der Waals surface area contributed by atoms with Crippen molar-refractivity contribution in [2.75, 3.05) is 64.0 Å². The molecule has 0 aliphatic rings. The molecule has 0 atom stereocenters. The third kappa shape index (κ3) is 16.4. The third-order valence-electron chi connectivity index (χ3n) is 8.84. The maximum absolute atomic E-state index is 5.58. The molecule has 0 spiro atoms. The molecular formula is C28H66O9Si4. The predicted octanol–water partition coefficient (Wildman–Crippen LogP) is 7.38. The molecular weight excluding hydrogens is 593 g/mol. The molecule has 0 heterocycles. The van der Waals surface area contributed by atoms with Gasteiger partial charge >= 0.3 is 26.4 Å². The standard InChI is InChI=1S/C28H66O9Si4/c1-29-39(30-2,31-3)26-20-14-11-17-23-38(10,24-18-12-15-21-27-40(32-4,33-5)34-6)25-19-13-16-22-28-41(35-7,36-8)37-9/h11-28H2,1-10H3. The normalized spacial score (nSPS) is 13.3. The van der Waals surface area contributed by atoms with Gasteiger partial charge in [-0.25, -0.2) is 0 Å². The molecule has 0 fully saturated rings. The van der Waals surface area contributed by atoms with E-state index in [1.54, 1.807) is 64.0 Å². The number of unbranched alkanes of at least 4 members (excludes halogenated alkanes) is 9. The Hall–Kier alpha value is 0.508. The van der Waals surface area contributed by atoms with E-state index >= 15 is 0 Å². The van der Waals surface area contributed by atoms with Crippen LogP contribution in [-0.4, -0.2) is 98.5 Å². The van der Waals surface area contributed by atoms with Crippen LogP contribution in [0, 0.1) is 0 Å². The van der Waals surface area contributed by atoms with Gasteiger partial charge in [0.15, 0.2) is 0 Å². The maximum atomic E-state index is 5.58. The van der Waals surface area contributed by atoms with E-state index < -0.39 is 34.5 Å². The largest absolute Gasteiger partial charge is 0.500 e. The summed E-state index contributed by atoms with van der Waals surface area (Å²) in [6.45, 7) is 2.66. The summed E-state index contributed by atoms with van der Waals surface area (Å²) in [5.74, 6) is 0. The molecule has 0 amide bonds. The first-order chi connectivity index (χ1) is 19.7. The quantitative estimate of drug-likeness (QED) is 0.0580. The Morgan fingerprint density at radius 2 is 0.439 bits per heavy atom. The first-order valence-electron chi connectivity index (χ1n) is 15.6. The number of rotatable bonds is 30. The van der Waals surface area contributed by atoms with Crippen LogP contribution in [0.1, 0.15) is 77.0 Å². The molecule has 9 nitrogen and oxygen atoms in total. The van der Waals surface area contributed by atoms with Crippen molar-refractivity contribution in [1.82, 2.24) is 0 Å². The Morgan fingerprint density at radius 1 is 0.268 bits per heavy atom. The van der Waals surface area contributed by atoms with E-state index in [1.807, 2.05) is 0 Å². The van der Waals surface area contributed by atoms with E-state index in [4.69, 9.17) is 39.8 Å². The van der Waals surface area contributed by atoms with Gasteiger partial charge in [-0.15, -0.1) is 0 Å². The van der Waals surface area contributed by atoms with Gasteiger partial charge in [-0.1, -0.05) is 82.5 Å². The van der Waals surface area contributed by atoms with Crippen molar-refractivity contribution in [2.45, 2.75) is 120 Å². The molecule has 0 aliphatic carbocycles. The molecule has 0 saturated carbocycles. The summed E-state index contributed by atoms with van der Waals surface area (Å²) in [5, 5.41) is 0. The highest BCUT2D eigenvalue weighted by Crippen LogP contribution is 2.30. The molecule has 0 saturated heterocycles. The van der Waals surface area contributed by atoms with Crippen molar-refractivity contribution in [2.24, 2.45) is 0 Å². The van der Waals surface area contributed by atoms with Crippen LogP contribution >= 0.6 is 0 Å². The molecule has 13 heteroatoms. The fourth-order valence-electron chi connectivity index (χ4n) is 5.78. The average Bonchev–Trinajstić information content (AvgIpc) is 3.01. The van der Waals surface area contributed by atoms with E-state index in [2.05, 4.69) is 6.55 Å². The lowest BCUT2D eigenvalue weighted by atomic mass is 10.2. The van der Waals surface area contributed by atoms with Crippen LogP contribution in [-0.2, 0) is 39.8 Å². The lowest BCUT2D eigenvalue weighted by Crippen LogP contribution is -2.42. The highest BCUT2D eigenvalue weighted by molar-refractivity contribution is 6.78. The maximum Gasteiger partial charge on any atom is 0.500 e. The summed E-state index contributed by atoms with van der Waals surface area (Å²) < 4.78 is 50.2. The van der Waals surface area contributed by atoms with Crippen LogP contribution in [0.4, 0.5) is 0 Å². The van der Waals surface area contributed by atoms with Crippen LogP contribution in [0.2, 0.25) is 42.8 Å². The highest BCUT2D eigenvalue weighted by atomic mass is 28.4. The Morgan fingerprint density at radius 3 is 0.610 bits per heavy atom. The minimum absolute atomic E-state index is 0.893. The van der Waals surface area contributed by atoms with Crippen LogP contribution in [0.3, 0.4) is 0 Å². The van der Waals surface area contributed by atoms with Gasteiger partial charge in [0.1, 0.15) is 0 Å². The van der Waals surface area contributed by atoms with Crippen molar-refractivity contribution in [3.63, 3.8) is 0 Å². The first kappa shape index (κ1) is 41.5. The summed E-state index contributed by atoms with van der Waals surface area (Å²) in [6.07, 6.45) is 14.8. The molecule has 41 heavy (non-hydrogen) atoms. The second-order valence-electron chi connectivity index (χ2n) is 11.4. The van der Waals surface area contributed by atoms with Crippen LogP contribution in [0.25, 0.3) is 0 Å². The van der Waals surface area contributed by atoms with Gasteiger partial charge in [-0.2, -0.15) is 0 Å². The van der Waals surface area contributed by atoms with Crippen molar-refractivity contribution >= 4 is 34.5 Å². The average molecular weight is 659 g/mol. The predicted molar refractivity (Wildman–Crippen MR) is 176 cm³/mol. The molecule has 0 rings (SSSR count). The molecule has 0 aromatic heterocycles. The zero-order chi connectivity index (χ0) is 31.1. The van der Waals surface area contributed by atoms with Gasteiger partial charge in [-0.05, 0) is 19.3 Å². The van der Waals surface area contributed by atoms with Crippen molar-refractivity contribution < 1.29 is 39.8 Å². The van der Waals surface area contributed by atoms with Crippen LogP contribution < -0.4 is 0 Å². The number of hydrogen-bond acceptors (Lipinski definition) is 9. The SMILES string of the molecule is CO[Si](CCCCCC[Si](C)(CCCCCC[Si](OC)(OC)OC)CCCCCC[Si](OC)(OC)OC)(OC)OC. The summed E-state index contributed by atoms with van der Waals surface area (Å²) in [4.78, 5) is 0. The van der Waals surface area contributed by atoms with Crippen molar-refractivity contribution in [1.29, 1.82) is 0 Å². The Labute approximate surface area is 257 Å². The summed E-state index contributed by atoms with van der Waals surface area (Å²) in [7, 11) is 6.68. The van der Waals surface area contributed by atoms with Gasteiger partial charge in [0.05, 0.1) is 8.07 Å². The second kappa shape index (κ2) is 23.8. The third-order valence-corrected chi connectivity index (χ3v) is 22.0. The van der Waals surface area contributed by atoms with Crippen molar-refractivity contribution in [3.05, 3.63) is 0 Å². The molecule has 0 bridgehead atoms. The lowest BCUT2D eigenvalue weighted by Gasteiger charge is -2.28. The topological polar surface area (TPSA) is 83.1 Å². The van der Waals surface area contributed by atoms with Crippen LogP contribution in [0.5, 0.6) is 0 Å². The molecule has 0 unspecified atom stereocenters. The van der Waals surface area contributed by atoms with E-state index in [0.717, 1.165) is 37.4 Å². The minimum Gasteiger partial charge on any atom is -0.377 e. The van der Waals surface area contributed by atoms with Crippen molar-refractivity contribution in [3.8, 4) is 0 Å². The molecule has 248 valence electrons. The zero-order valence-corrected chi connectivity index (χ0v) is 32.4. The lowest BCUT2D eigenvalue weighted by molar-refractivity contribution is 0.122. The monoisotopic (exact) mass is 658 g/mol. The first-order valence-corrected chi connectivity index (χ1v) is 24.5. The van der Waals surface area contributed by atoms with Crippen LogP contribution in [0.15, 0.2) is 0 Å². The summed E-state index contributed by atoms with van der Waals surface area (Å²) in [5.41, 5.74) is 0. The van der Waals surface area contributed by atoms with E-state index in [0.29, 0.717) is 0 Å². The highest BCUT2D eigenvalue weighted by Gasteiger charge is 2.38. The zero-order valence-electron chi connectivity index (χ0n) is 28.4.